The highest BCUT2D eigenvalue weighted by molar-refractivity contribution is 6.30. The van der Waals surface area contributed by atoms with E-state index in [1.54, 1.807) is 55.5 Å². The molecule has 35 heavy (non-hydrogen) atoms. The first-order valence-corrected chi connectivity index (χ1v) is 11.8. The number of amides is 1. The molecule has 0 N–H and O–H groups in total. The molecule has 3 unspecified atom stereocenters. The van der Waals surface area contributed by atoms with Crippen molar-refractivity contribution in [3.63, 3.8) is 0 Å². The van der Waals surface area contributed by atoms with Crippen LogP contribution in [0.3, 0.4) is 0 Å². The maximum Gasteiger partial charge on any atom is 0.325 e. The molecule has 1 fully saturated rings. The fraction of sp³-hybridized carbons (Fsp3) is 0.222. The number of ether oxygens (including phenoxy) is 2. The molecule has 0 saturated carbocycles. The smallest absolute Gasteiger partial charge is 0.325 e. The summed E-state index contributed by atoms with van der Waals surface area (Å²) >= 11 is 12.2. The van der Waals surface area contributed by atoms with Gasteiger partial charge in [-0.25, -0.2) is 0 Å². The van der Waals surface area contributed by atoms with Gasteiger partial charge in [0.25, 0.3) is 5.91 Å². The van der Waals surface area contributed by atoms with Gasteiger partial charge in [0.1, 0.15) is 12.6 Å². The van der Waals surface area contributed by atoms with Crippen LogP contribution in [0, 0.1) is 11.3 Å². The zero-order valence-corrected chi connectivity index (χ0v) is 20.4. The van der Waals surface area contributed by atoms with E-state index >= 15 is 0 Å². The van der Waals surface area contributed by atoms with E-state index in [4.69, 9.17) is 37.9 Å². The van der Waals surface area contributed by atoms with Gasteiger partial charge in [-0.3, -0.25) is 9.59 Å². The number of rotatable bonds is 6. The van der Waals surface area contributed by atoms with Crippen LogP contribution >= 0.6 is 23.2 Å². The van der Waals surface area contributed by atoms with Crippen molar-refractivity contribution in [1.29, 1.82) is 5.26 Å². The molecule has 1 amide bonds. The van der Waals surface area contributed by atoms with Crippen molar-refractivity contribution in [3.8, 4) is 6.07 Å². The minimum Gasteiger partial charge on any atom is -0.465 e. The molecular formula is C27H22Cl2N2O4. The van der Waals surface area contributed by atoms with Gasteiger partial charge < -0.3 is 14.4 Å². The second-order valence-electron chi connectivity index (χ2n) is 7.99. The highest BCUT2D eigenvalue weighted by atomic mass is 35.5. The Hall–Kier alpha value is -3.37. The average molecular weight is 509 g/mol. The van der Waals surface area contributed by atoms with E-state index in [1.807, 2.05) is 24.3 Å². The number of carbonyl (C=O) groups excluding carboxylic acids is 2. The van der Waals surface area contributed by atoms with Crippen LogP contribution in [0.1, 0.15) is 47.4 Å². The molecule has 1 aliphatic rings. The molecule has 1 saturated heterocycles. The zero-order chi connectivity index (χ0) is 24.9. The summed E-state index contributed by atoms with van der Waals surface area (Å²) in [5.74, 6) is -0.900. The molecule has 0 aromatic heterocycles. The molecule has 1 heterocycles. The van der Waals surface area contributed by atoms with Crippen molar-refractivity contribution in [2.24, 2.45) is 0 Å². The van der Waals surface area contributed by atoms with Gasteiger partial charge in [-0.1, -0.05) is 59.6 Å². The summed E-state index contributed by atoms with van der Waals surface area (Å²) in [5, 5.41) is 10.3. The normalized spacial score (nSPS) is 19.8. The van der Waals surface area contributed by atoms with E-state index in [0.717, 1.165) is 11.1 Å². The van der Waals surface area contributed by atoms with Gasteiger partial charge in [0, 0.05) is 10.0 Å². The fourth-order valence-corrected chi connectivity index (χ4v) is 4.39. The number of nitrogens with zero attached hydrogens (tertiary/aromatic N) is 2. The molecule has 178 valence electrons. The Balaban J connectivity index is 1.83. The summed E-state index contributed by atoms with van der Waals surface area (Å²) < 4.78 is 11.6. The molecule has 1 aliphatic heterocycles. The quantitative estimate of drug-likeness (QED) is 0.392. The molecule has 3 atom stereocenters. The lowest BCUT2D eigenvalue weighted by Crippen LogP contribution is -2.49. The van der Waals surface area contributed by atoms with Crippen molar-refractivity contribution in [3.05, 3.63) is 105 Å². The summed E-state index contributed by atoms with van der Waals surface area (Å²) in [7, 11) is 0. The molecular weight excluding hydrogens is 487 g/mol. The van der Waals surface area contributed by atoms with Crippen molar-refractivity contribution >= 4 is 35.1 Å². The van der Waals surface area contributed by atoms with Crippen molar-refractivity contribution < 1.29 is 19.1 Å². The molecule has 0 aliphatic carbocycles. The summed E-state index contributed by atoms with van der Waals surface area (Å²) in [6.07, 6.45) is -1.61. The van der Waals surface area contributed by atoms with E-state index in [2.05, 4.69) is 6.07 Å². The van der Waals surface area contributed by atoms with Gasteiger partial charge in [-0.15, -0.1) is 0 Å². The second-order valence-corrected chi connectivity index (χ2v) is 8.86. The first-order valence-electron chi connectivity index (χ1n) is 11.0. The fourth-order valence-electron chi connectivity index (χ4n) is 4.13. The van der Waals surface area contributed by atoms with Gasteiger partial charge in [-0.2, -0.15) is 5.26 Å². The SMILES string of the molecule is CCOC(=O)CN1C(=O)C(c2ccc(C#N)cc2)OC(c2ccc(Cl)cc2)C1c1ccc(Cl)cc1. The van der Waals surface area contributed by atoms with Crippen molar-refractivity contribution in [2.75, 3.05) is 13.2 Å². The van der Waals surface area contributed by atoms with Gasteiger partial charge in [0.05, 0.1) is 24.3 Å². The zero-order valence-electron chi connectivity index (χ0n) is 18.9. The van der Waals surface area contributed by atoms with E-state index in [0.29, 0.717) is 21.2 Å². The van der Waals surface area contributed by atoms with Crippen LogP contribution in [-0.4, -0.2) is 29.9 Å². The van der Waals surface area contributed by atoms with Gasteiger partial charge in [0.15, 0.2) is 6.10 Å². The third-order valence-electron chi connectivity index (χ3n) is 5.77. The van der Waals surface area contributed by atoms with Crippen LogP contribution in [0.15, 0.2) is 72.8 Å². The summed E-state index contributed by atoms with van der Waals surface area (Å²) in [6.45, 7) is 1.66. The van der Waals surface area contributed by atoms with Gasteiger partial charge in [0.2, 0.25) is 0 Å². The molecule has 8 heteroatoms. The molecule has 0 bridgehead atoms. The highest BCUT2D eigenvalue weighted by Crippen LogP contribution is 2.46. The Kier molecular flexibility index (Phi) is 7.72. The number of morpholine rings is 1. The first-order chi connectivity index (χ1) is 16.9. The third-order valence-corrected chi connectivity index (χ3v) is 6.27. The number of halogens is 2. The lowest BCUT2D eigenvalue weighted by Gasteiger charge is -2.44. The summed E-state index contributed by atoms with van der Waals surface area (Å²) in [6, 6.07) is 22.3. The van der Waals surface area contributed by atoms with E-state index in [1.165, 1.54) is 4.90 Å². The van der Waals surface area contributed by atoms with Crippen LogP contribution in [0.25, 0.3) is 0 Å². The Labute approximate surface area is 213 Å². The molecule has 4 rings (SSSR count). The maximum absolute atomic E-state index is 13.8. The highest BCUT2D eigenvalue weighted by Gasteiger charge is 2.45. The summed E-state index contributed by atoms with van der Waals surface area (Å²) in [5.41, 5.74) is 2.59. The largest absolute Gasteiger partial charge is 0.465 e. The predicted molar refractivity (Wildman–Crippen MR) is 132 cm³/mol. The second kappa shape index (κ2) is 10.9. The van der Waals surface area contributed by atoms with E-state index in [-0.39, 0.29) is 19.1 Å². The van der Waals surface area contributed by atoms with Gasteiger partial charge >= 0.3 is 5.97 Å². The van der Waals surface area contributed by atoms with Gasteiger partial charge in [-0.05, 0) is 60.0 Å². The average Bonchev–Trinajstić information content (AvgIpc) is 2.86. The predicted octanol–water partition coefficient (Wildman–Crippen LogP) is 5.81. The lowest BCUT2D eigenvalue weighted by atomic mass is 9.90. The Morgan fingerprint density at radius 1 is 0.943 bits per heavy atom. The molecule has 3 aromatic rings. The van der Waals surface area contributed by atoms with Crippen LogP contribution < -0.4 is 0 Å². The Morgan fingerprint density at radius 2 is 1.49 bits per heavy atom. The number of carbonyl (C=O) groups is 2. The topological polar surface area (TPSA) is 79.6 Å². The number of esters is 1. The molecule has 6 nitrogen and oxygen atoms in total. The van der Waals surface area contributed by atoms with Crippen LogP contribution in [0.5, 0.6) is 0 Å². The maximum atomic E-state index is 13.8. The number of hydrogen-bond donors (Lipinski definition) is 0. The van der Waals surface area contributed by atoms with E-state index < -0.39 is 24.2 Å². The molecule has 0 spiro atoms. The monoisotopic (exact) mass is 508 g/mol. The lowest BCUT2D eigenvalue weighted by molar-refractivity contribution is -0.180. The number of nitriles is 1. The van der Waals surface area contributed by atoms with E-state index in [9.17, 15) is 9.59 Å². The minimum atomic E-state index is -0.985. The van der Waals surface area contributed by atoms with Crippen molar-refractivity contribution in [2.45, 2.75) is 25.2 Å². The first kappa shape index (κ1) is 24.7. The standard InChI is InChI=1S/C27H22Cl2N2O4/c1-2-34-23(32)16-31-24(18-7-11-21(28)12-8-18)25(19-9-13-22(29)14-10-19)35-26(27(31)33)20-5-3-17(15-30)4-6-20/h3-14,24-26H,2,16H2,1H3. The Bertz CT molecular complexity index is 1240. The van der Waals surface area contributed by atoms with Crippen LogP contribution in [-0.2, 0) is 19.1 Å². The third kappa shape index (κ3) is 5.49. The molecule has 3 aromatic carbocycles. The minimum absolute atomic E-state index is 0.197. The van der Waals surface area contributed by atoms with Crippen LogP contribution in [0.4, 0.5) is 0 Å². The summed E-state index contributed by atoms with van der Waals surface area (Å²) in [4.78, 5) is 27.8. The van der Waals surface area contributed by atoms with Crippen molar-refractivity contribution in [1.82, 2.24) is 4.90 Å². The molecule has 0 radical (unpaired) electrons. The van der Waals surface area contributed by atoms with Crippen LogP contribution in [0.2, 0.25) is 10.0 Å². The number of hydrogen-bond acceptors (Lipinski definition) is 5. The number of benzene rings is 3. The Morgan fingerprint density at radius 3 is 2.03 bits per heavy atom.